The number of anilines is 1. The summed E-state index contributed by atoms with van der Waals surface area (Å²) in [4.78, 5) is 26.2. The Morgan fingerprint density at radius 1 is 1.08 bits per heavy atom. The molecule has 1 N–H and O–H groups in total. The van der Waals surface area contributed by atoms with Crippen LogP contribution in [0.1, 0.15) is 37.0 Å². The highest BCUT2D eigenvalue weighted by Crippen LogP contribution is 2.35. The van der Waals surface area contributed by atoms with E-state index in [1.807, 2.05) is 35.2 Å². The molecule has 1 aromatic heterocycles. The molecule has 2 fully saturated rings. The van der Waals surface area contributed by atoms with Crippen LogP contribution in [0, 0.1) is 11.8 Å². The highest BCUT2D eigenvalue weighted by atomic mass is 16.3. The van der Waals surface area contributed by atoms with E-state index in [-0.39, 0.29) is 17.7 Å². The lowest BCUT2D eigenvalue weighted by Gasteiger charge is -2.26. The number of carbonyl (C=O) groups is 2. The summed E-state index contributed by atoms with van der Waals surface area (Å²) < 4.78 is 6.07. The molecular weight excluding hydrogens is 328 g/mol. The monoisotopic (exact) mass is 350 g/mol. The molecule has 1 aliphatic heterocycles. The van der Waals surface area contributed by atoms with Crippen molar-refractivity contribution in [2.75, 3.05) is 11.9 Å². The molecule has 2 aliphatic carbocycles. The van der Waals surface area contributed by atoms with Crippen molar-refractivity contribution in [3.8, 4) is 11.3 Å². The number of benzene rings is 1. The van der Waals surface area contributed by atoms with E-state index in [1.54, 1.807) is 0 Å². The quantitative estimate of drug-likeness (QED) is 0.916. The summed E-state index contributed by atoms with van der Waals surface area (Å²) in [7, 11) is 0. The van der Waals surface area contributed by atoms with Gasteiger partial charge in [-0.15, -0.1) is 0 Å². The van der Waals surface area contributed by atoms with E-state index in [0.717, 1.165) is 67.0 Å². The Balaban J connectivity index is 1.35. The summed E-state index contributed by atoms with van der Waals surface area (Å²) in [5.74, 6) is 2.63. The van der Waals surface area contributed by atoms with Crippen LogP contribution in [0.4, 0.5) is 5.69 Å². The Kier molecular flexibility index (Phi) is 3.62. The van der Waals surface area contributed by atoms with Crippen LogP contribution in [-0.2, 0) is 22.6 Å². The summed E-state index contributed by atoms with van der Waals surface area (Å²) in [5.41, 5.74) is 2.86. The molecule has 2 amide bonds. The lowest BCUT2D eigenvalue weighted by atomic mass is 10.1. The molecule has 0 unspecified atom stereocenters. The number of fused-ring (bicyclic) bond motifs is 1. The predicted octanol–water partition coefficient (Wildman–Crippen LogP) is 3.59. The van der Waals surface area contributed by atoms with Crippen LogP contribution in [-0.4, -0.2) is 23.3 Å². The van der Waals surface area contributed by atoms with Gasteiger partial charge in [0.2, 0.25) is 11.8 Å². The molecule has 0 bridgehead atoms. The molecule has 5 heteroatoms. The van der Waals surface area contributed by atoms with E-state index in [9.17, 15) is 9.59 Å². The summed E-state index contributed by atoms with van der Waals surface area (Å²) in [5, 5.41) is 2.98. The Hall–Kier alpha value is -2.56. The number of rotatable bonds is 4. The third-order valence-electron chi connectivity index (χ3n) is 5.47. The number of carbonyl (C=O) groups excluding carboxylic acids is 2. The smallest absolute Gasteiger partial charge is 0.227 e. The minimum absolute atomic E-state index is 0.107. The fraction of sp³-hybridized carbons (Fsp3) is 0.429. The van der Waals surface area contributed by atoms with Gasteiger partial charge in [-0.05, 0) is 43.9 Å². The van der Waals surface area contributed by atoms with Gasteiger partial charge in [-0.3, -0.25) is 9.59 Å². The number of nitrogens with one attached hydrogen (secondary N) is 1. The van der Waals surface area contributed by atoms with Gasteiger partial charge >= 0.3 is 0 Å². The van der Waals surface area contributed by atoms with E-state index in [0.29, 0.717) is 12.5 Å². The molecule has 2 heterocycles. The van der Waals surface area contributed by atoms with Crippen molar-refractivity contribution in [1.82, 2.24) is 4.90 Å². The van der Waals surface area contributed by atoms with E-state index >= 15 is 0 Å². The van der Waals surface area contributed by atoms with Crippen LogP contribution in [0.5, 0.6) is 0 Å². The first kappa shape index (κ1) is 15.7. The van der Waals surface area contributed by atoms with Crippen molar-refractivity contribution in [2.45, 2.75) is 38.6 Å². The summed E-state index contributed by atoms with van der Waals surface area (Å²) in [6, 6.07) is 9.83. The molecule has 0 saturated heterocycles. The van der Waals surface area contributed by atoms with Gasteiger partial charge in [-0.1, -0.05) is 12.1 Å². The van der Waals surface area contributed by atoms with E-state index in [4.69, 9.17) is 4.42 Å². The van der Waals surface area contributed by atoms with Crippen molar-refractivity contribution in [3.63, 3.8) is 0 Å². The third kappa shape index (κ3) is 3.02. The van der Waals surface area contributed by atoms with Crippen molar-refractivity contribution < 1.29 is 14.0 Å². The van der Waals surface area contributed by atoms with Crippen LogP contribution >= 0.6 is 0 Å². The van der Waals surface area contributed by atoms with Crippen molar-refractivity contribution in [1.29, 1.82) is 0 Å². The maximum atomic E-state index is 12.3. The SMILES string of the molecule is O=C(Nc1cccc(-c2cc3c(o2)CCN(C(=O)C2CC2)C3)c1)C1CC1. The van der Waals surface area contributed by atoms with Gasteiger partial charge in [-0.25, -0.2) is 0 Å². The van der Waals surface area contributed by atoms with E-state index < -0.39 is 0 Å². The topological polar surface area (TPSA) is 62.6 Å². The second-order valence-electron chi connectivity index (χ2n) is 7.69. The summed E-state index contributed by atoms with van der Waals surface area (Å²) >= 11 is 0. The van der Waals surface area contributed by atoms with Gasteiger partial charge in [0.15, 0.2) is 0 Å². The molecule has 1 aromatic carbocycles. The first-order valence-electron chi connectivity index (χ1n) is 9.49. The Labute approximate surface area is 152 Å². The normalized spacial score (nSPS) is 19.2. The van der Waals surface area contributed by atoms with Crippen LogP contribution in [0.15, 0.2) is 34.7 Å². The molecule has 26 heavy (non-hydrogen) atoms. The molecule has 134 valence electrons. The molecule has 5 nitrogen and oxygen atoms in total. The maximum absolute atomic E-state index is 12.3. The lowest BCUT2D eigenvalue weighted by molar-refractivity contribution is -0.133. The highest BCUT2D eigenvalue weighted by Gasteiger charge is 2.35. The van der Waals surface area contributed by atoms with Gasteiger partial charge in [-0.2, -0.15) is 0 Å². The Bertz CT molecular complexity index is 877. The average Bonchev–Trinajstić information content (AvgIpc) is 3.56. The maximum Gasteiger partial charge on any atom is 0.227 e. The number of hydrogen-bond acceptors (Lipinski definition) is 3. The predicted molar refractivity (Wildman–Crippen MR) is 97.3 cm³/mol. The summed E-state index contributed by atoms with van der Waals surface area (Å²) in [6.45, 7) is 1.39. The number of amides is 2. The first-order valence-corrected chi connectivity index (χ1v) is 9.49. The lowest BCUT2D eigenvalue weighted by Crippen LogP contribution is -2.36. The minimum Gasteiger partial charge on any atom is -0.461 e. The Morgan fingerprint density at radius 2 is 1.88 bits per heavy atom. The van der Waals surface area contributed by atoms with Crippen molar-refractivity contribution in [2.24, 2.45) is 11.8 Å². The average molecular weight is 350 g/mol. The van der Waals surface area contributed by atoms with Crippen LogP contribution in [0.2, 0.25) is 0 Å². The highest BCUT2D eigenvalue weighted by molar-refractivity contribution is 5.94. The largest absolute Gasteiger partial charge is 0.461 e. The van der Waals surface area contributed by atoms with E-state index in [2.05, 4.69) is 5.32 Å². The molecule has 2 saturated carbocycles. The molecule has 5 rings (SSSR count). The second-order valence-corrected chi connectivity index (χ2v) is 7.69. The van der Waals surface area contributed by atoms with Crippen molar-refractivity contribution >= 4 is 17.5 Å². The molecule has 0 radical (unpaired) electrons. The third-order valence-corrected chi connectivity index (χ3v) is 5.47. The van der Waals surface area contributed by atoms with Crippen molar-refractivity contribution in [3.05, 3.63) is 41.7 Å². The molecule has 2 aromatic rings. The zero-order valence-corrected chi connectivity index (χ0v) is 14.7. The van der Waals surface area contributed by atoms with Gasteiger partial charge in [0.1, 0.15) is 11.5 Å². The van der Waals surface area contributed by atoms with Gasteiger partial charge in [0, 0.05) is 48.2 Å². The van der Waals surface area contributed by atoms with Crippen LogP contribution in [0.3, 0.4) is 0 Å². The zero-order chi connectivity index (χ0) is 17.7. The minimum atomic E-state index is 0.107. The first-order chi connectivity index (χ1) is 12.7. The van der Waals surface area contributed by atoms with Gasteiger partial charge < -0.3 is 14.6 Å². The number of nitrogens with zero attached hydrogens (tertiary/aromatic N) is 1. The summed E-state index contributed by atoms with van der Waals surface area (Å²) in [6.07, 6.45) is 4.83. The molecule has 0 atom stereocenters. The second kappa shape index (κ2) is 6.01. The molecule has 0 spiro atoms. The number of furan rings is 1. The molecule has 3 aliphatic rings. The number of hydrogen-bond donors (Lipinski definition) is 1. The van der Waals surface area contributed by atoms with Gasteiger partial charge in [0.25, 0.3) is 0 Å². The van der Waals surface area contributed by atoms with E-state index in [1.165, 1.54) is 0 Å². The van der Waals surface area contributed by atoms with Crippen LogP contribution in [0.25, 0.3) is 11.3 Å². The zero-order valence-electron chi connectivity index (χ0n) is 14.7. The molecular formula is C21H22N2O3. The van der Waals surface area contributed by atoms with Gasteiger partial charge in [0.05, 0.1) is 0 Å². The van der Waals surface area contributed by atoms with Crippen LogP contribution < -0.4 is 5.32 Å². The fourth-order valence-corrected chi connectivity index (χ4v) is 3.59. The fourth-order valence-electron chi connectivity index (χ4n) is 3.59. The Morgan fingerprint density at radius 3 is 2.65 bits per heavy atom. The standard InChI is InChI=1S/C21H22N2O3/c24-20(13-4-5-13)22-17-3-1-2-15(10-17)19-11-16-12-23(9-8-18(16)26-19)21(25)14-6-7-14/h1-3,10-11,13-14H,4-9,12H2,(H,22,24).